The fourth-order valence-corrected chi connectivity index (χ4v) is 4.53. The molecule has 2 aromatic carbocycles. The summed E-state index contributed by atoms with van der Waals surface area (Å²) < 4.78 is 13.3. The number of piperidine rings is 1. The Kier molecular flexibility index (Phi) is 5.22. The van der Waals surface area contributed by atoms with Crippen LogP contribution in [-0.2, 0) is 9.59 Å². The van der Waals surface area contributed by atoms with E-state index in [4.69, 9.17) is 0 Å². The number of aryl methyl sites for hydroxylation is 1. The van der Waals surface area contributed by atoms with E-state index in [-0.39, 0.29) is 11.8 Å². The molecular formula is C22H21FN2O2S. The summed E-state index contributed by atoms with van der Waals surface area (Å²) in [5.74, 6) is -1.07. The first-order valence-electron chi connectivity index (χ1n) is 9.43. The molecule has 2 aromatic rings. The standard InChI is InChI=1S/C22H21FN2O2S/c1-15-5-11-18(12-6-15)28-20-19(24-13-3-2-4-14-24)21(26)25(22(20)27)17-9-7-16(23)8-10-17/h5-12H,2-4,13-14H2,1H3. The number of nitrogens with zero attached hydrogens (tertiary/aromatic N) is 2. The van der Waals surface area contributed by atoms with Crippen molar-refractivity contribution in [1.82, 2.24) is 4.90 Å². The Bertz CT molecular complexity index is 932. The molecule has 2 aliphatic rings. The molecule has 1 fully saturated rings. The lowest BCUT2D eigenvalue weighted by Gasteiger charge is -2.29. The predicted molar refractivity (Wildman–Crippen MR) is 108 cm³/mol. The molecule has 28 heavy (non-hydrogen) atoms. The van der Waals surface area contributed by atoms with Crippen molar-refractivity contribution in [3.63, 3.8) is 0 Å². The van der Waals surface area contributed by atoms with Crippen molar-refractivity contribution < 1.29 is 14.0 Å². The van der Waals surface area contributed by atoms with Crippen LogP contribution >= 0.6 is 11.8 Å². The Morgan fingerprint density at radius 2 is 1.50 bits per heavy atom. The predicted octanol–water partition coefficient (Wildman–Crippen LogP) is 4.50. The monoisotopic (exact) mass is 396 g/mol. The van der Waals surface area contributed by atoms with Crippen LogP contribution in [0, 0.1) is 12.7 Å². The second-order valence-corrected chi connectivity index (χ2v) is 8.15. The summed E-state index contributed by atoms with van der Waals surface area (Å²) in [6.07, 6.45) is 3.14. The zero-order valence-electron chi connectivity index (χ0n) is 15.7. The van der Waals surface area contributed by atoms with Gasteiger partial charge in [0.15, 0.2) is 0 Å². The van der Waals surface area contributed by atoms with Crippen molar-refractivity contribution in [2.75, 3.05) is 18.0 Å². The van der Waals surface area contributed by atoms with Gasteiger partial charge in [-0.05, 0) is 62.6 Å². The van der Waals surface area contributed by atoms with Gasteiger partial charge in [-0.1, -0.05) is 29.5 Å². The van der Waals surface area contributed by atoms with Gasteiger partial charge >= 0.3 is 0 Å². The second kappa shape index (κ2) is 7.80. The highest BCUT2D eigenvalue weighted by molar-refractivity contribution is 8.04. The van der Waals surface area contributed by atoms with Gasteiger partial charge in [-0.25, -0.2) is 9.29 Å². The number of thioether (sulfide) groups is 1. The third-order valence-electron chi connectivity index (χ3n) is 5.02. The van der Waals surface area contributed by atoms with Crippen LogP contribution in [-0.4, -0.2) is 29.8 Å². The Morgan fingerprint density at radius 1 is 0.857 bits per heavy atom. The van der Waals surface area contributed by atoms with Crippen LogP contribution in [0.2, 0.25) is 0 Å². The highest BCUT2D eigenvalue weighted by atomic mass is 32.2. The van der Waals surface area contributed by atoms with Crippen LogP contribution in [0.25, 0.3) is 0 Å². The van der Waals surface area contributed by atoms with Crippen molar-refractivity contribution in [1.29, 1.82) is 0 Å². The fourth-order valence-electron chi connectivity index (χ4n) is 3.54. The minimum Gasteiger partial charge on any atom is -0.366 e. The zero-order valence-corrected chi connectivity index (χ0v) is 16.5. The molecule has 0 aromatic heterocycles. The van der Waals surface area contributed by atoms with Crippen molar-refractivity contribution in [2.24, 2.45) is 0 Å². The van der Waals surface area contributed by atoms with Gasteiger partial charge in [-0.3, -0.25) is 9.59 Å². The Hall–Kier alpha value is -2.60. The number of anilines is 1. The molecule has 1 saturated heterocycles. The summed E-state index contributed by atoms with van der Waals surface area (Å²) in [5.41, 5.74) is 2.00. The van der Waals surface area contributed by atoms with Gasteiger partial charge in [-0.15, -0.1) is 0 Å². The maximum Gasteiger partial charge on any atom is 0.283 e. The van der Waals surface area contributed by atoms with Crippen LogP contribution in [0.5, 0.6) is 0 Å². The SMILES string of the molecule is Cc1ccc(SC2=C(N3CCCCC3)C(=O)N(c3ccc(F)cc3)C2=O)cc1. The normalized spacial score (nSPS) is 17.6. The molecule has 0 unspecified atom stereocenters. The van der Waals surface area contributed by atoms with E-state index in [0.29, 0.717) is 16.3 Å². The molecular weight excluding hydrogens is 375 g/mol. The van der Waals surface area contributed by atoms with Gasteiger partial charge in [0.25, 0.3) is 11.8 Å². The van der Waals surface area contributed by atoms with Crippen LogP contribution in [0.1, 0.15) is 24.8 Å². The van der Waals surface area contributed by atoms with E-state index in [9.17, 15) is 14.0 Å². The number of hydrogen-bond donors (Lipinski definition) is 0. The third-order valence-corrected chi connectivity index (χ3v) is 6.10. The van der Waals surface area contributed by atoms with Crippen LogP contribution < -0.4 is 4.90 Å². The number of rotatable bonds is 4. The maximum absolute atomic E-state index is 13.3. The largest absolute Gasteiger partial charge is 0.366 e. The Morgan fingerprint density at radius 3 is 2.14 bits per heavy atom. The lowest BCUT2D eigenvalue weighted by Crippen LogP contribution is -2.37. The average molecular weight is 396 g/mol. The van der Waals surface area contributed by atoms with Gasteiger partial charge in [0.05, 0.1) is 5.69 Å². The second-order valence-electron chi connectivity index (χ2n) is 7.06. The molecule has 0 saturated carbocycles. The Balaban J connectivity index is 1.72. The molecule has 2 amide bonds. The molecule has 0 bridgehead atoms. The summed E-state index contributed by atoms with van der Waals surface area (Å²) >= 11 is 1.33. The number of halogens is 1. The smallest absolute Gasteiger partial charge is 0.283 e. The number of likely N-dealkylation sites (tertiary alicyclic amines) is 1. The van der Waals surface area contributed by atoms with E-state index in [0.717, 1.165) is 42.8 Å². The molecule has 0 aliphatic carbocycles. The number of carbonyl (C=O) groups is 2. The highest BCUT2D eigenvalue weighted by Gasteiger charge is 2.42. The molecule has 6 heteroatoms. The van der Waals surface area contributed by atoms with Crippen molar-refractivity contribution >= 4 is 29.3 Å². The molecule has 0 N–H and O–H groups in total. The minimum absolute atomic E-state index is 0.326. The molecule has 2 aliphatic heterocycles. The fraction of sp³-hybridized carbons (Fsp3) is 0.273. The molecule has 0 radical (unpaired) electrons. The number of hydrogen-bond acceptors (Lipinski definition) is 4. The minimum atomic E-state index is -0.402. The molecule has 4 nitrogen and oxygen atoms in total. The average Bonchev–Trinajstić information content (AvgIpc) is 2.95. The van der Waals surface area contributed by atoms with Gasteiger partial charge in [0.1, 0.15) is 16.4 Å². The summed E-state index contributed by atoms with van der Waals surface area (Å²) in [7, 11) is 0. The lowest BCUT2D eigenvalue weighted by molar-refractivity contribution is -0.121. The highest BCUT2D eigenvalue weighted by Crippen LogP contribution is 2.39. The first kappa shape index (κ1) is 18.7. The lowest BCUT2D eigenvalue weighted by atomic mass is 10.1. The van der Waals surface area contributed by atoms with E-state index in [2.05, 4.69) is 0 Å². The van der Waals surface area contributed by atoms with Crippen molar-refractivity contribution in [2.45, 2.75) is 31.1 Å². The van der Waals surface area contributed by atoms with Gasteiger partial charge in [-0.2, -0.15) is 0 Å². The van der Waals surface area contributed by atoms with Crippen LogP contribution in [0.4, 0.5) is 10.1 Å². The molecule has 2 heterocycles. The van der Waals surface area contributed by atoms with Crippen molar-refractivity contribution in [3.05, 3.63) is 70.5 Å². The summed E-state index contributed by atoms with van der Waals surface area (Å²) in [5, 5.41) is 0. The van der Waals surface area contributed by atoms with Crippen LogP contribution in [0.15, 0.2) is 64.0 Å². The molecule has 144 valence electrons. The Labute approximate surface area is 168 Å². The molecule has 0 atom stereocenters. The van der Waals surface area contributed by atoms with E-state index in [1.165, 1.54) is 40.9 Å². The van der Waals surface area contributed by atoms with E-state index in [1.807, 2.05) is 36.1 Å². The number of benzene rings is 2. The van der Waals surface area contributed by atoms with Crippen LogP contribution in [0.3, 0.4) is 0 Å². The van der Waals surface area contributed by atoms with E-state index in [1.54, 1.807) is 0 Å². The number of imide groups is 1. The van der Waals surface area contributed by atoms with Gasteiger partial charge in [0.2, 0.25) is 0 Å². The zero-order chi connectivity index (χ0) is 19.7. The third kappa shape index (κ3) is 3.56. The van der Waals surface area contributed by atoms with E-state index < -0.39 is 5.82 Å². The summed E-state index contributed by atoms with van der Waals surface area (Å²) in [6, 6.07) is 13.4. The van der Waals surface area contributed by atoms with Gasteiger partial charge < -0.3 is 4.90 Å². The number of amides is 2. The van der Waals surface area contributed by atoms with E-state index >= 15 is 0 Å². The molecule has 0 spiro atoms. The van der Waals surface area contributed by atoms with Crippen molar-refractivity contribution in [3.8, 4) is 0 Å². The summed E-state index contributed by atoms with van der Waals surface area (Å²) in [6.45, 7) is 3.54. The first-order valence-corrected chi connectivity index (χ1v) is 10.2. The quantitative estimate of drug-likeness (QED) is 0.714. The summed E-state index contributed by atoms with van der Waals surface area (Å²) in [4.78, 5) is 31.0. The topological polar surface area (TPSA) is 40.6 Å². The number of carbonyl (C=O) groups excluding carboxylic acids is 2. The maximum atomic E-state index is 13.3. The first-order chi connectivity index (χ1) is 13.5. The van der Waals surface area contributed by atoms with Gasteiger partial charge in [0, 0.05) is 18.0 Å². The molecule has 4 rings (SSSR count).